The molecule has 4 rings (SSSR count). The first-order chi connectivity index (χ1) is 13.0. The van der Waals surface area contributed by atoms with Gasteiger partial charge in [-0.1, -0.05) is 33.1 Å². The van der Waals surface area contributed by atoms with Crippen LogP contribution in [0.5, 0.6) is 0 Å². The van der Waals surface area contributed by atoms with Gasteiger partial charge in [0.15, 0.2) is 11.6 Å². The average molecular weight is 369 g/mol. The Labute approximate surface area is 159 Å². The number of rotatable bonds is 2. The Morgan fingerprint density at radius 1 is 1.07 bits per heavy atom. The number of aromatic nitrogens is 3. The zero-order chi connectivity index (χ0) is 19.2. The second-order valence-corrected chi connectivity index (χ2v) is 7.27. The summed E-state index contributed by atoms with van der Waals surface area (Å²) in [7, 11) is 0. The Hall–Kier alpha value is -2.54. The number of aliphatic hydroxyl groups is 1. The summed E-state index contributed by atoms with van der Waals surface area (Å²) >= 11 is 0. The number of carbonyl (C=O) groups is 1. The van der Waals surface area contributed by atoms with Gasteiger partial charge in [-0.15, -0.1) is 0 Å². The molecule has 1 fully saturated rings. The summed E-state index contributed by atoms with van der Waals surface area (Å²) in [5.74, 6) is 1.34. The normalized spacial score (nSPS) is 16.7. The summed E-state index contributed by atoms with van der Waals surface area (Å²) in [5.41, 5.74) is 2.61. The van der Waals surface area contributed by atoms with Gasteiger partial charge in [-0.3, -0.25) is 9.78 Å². The third-order valence-electron chi connectivity index (χ3n) is 4.70. The van der Waals surface area contributed by atoms with Crippen LogP contribution in [0.3, 0.4) is 0 Å². The van der Waals surface area contributed by atoms with E-state index < -0.39 is 0 Å². The average Bonchev–Trinajstić information content (AvgIpc) is 2.68. The smallest absolute Gasteiger partial charge is 0.244 e. The molecule has 1 saturated carbocycles. The molecule has 27 heavy (non-hydrogen) atoms. The lowest BCUT2D eigenvalue weighted by molar-refractivity contribution is -0.114. The van der Waals surface area contributed by atoms with E-state index in [2.05, 4.69) is 39.4 Å². The maximum atomic E-state index is 11.3. The minimum atomic E-state index is -0.114. The van der Waals surface area contributed by atoms with Gasteiger partial charge in [0.05, 0.1) is 24.5 Å². The summed E-state index contributed by atoms with van der Waals surface area (Å²) in [6, 6.07) is 3.95. The van der Waals surface area contributed by atoms with Crippen molar-refractivity contribution in [1.29, 1.82) is 0 Å². The Morgan fingerprint density at radius 2 is 1.85 bits per heavy atom. The van der Waals surface area contributed by atoms with Crippen molar-refractivity contribution >= 4 is 17.5 Å². The largest absolute Gasteiger partial charge is 0.393 e. The molecular formula is C20H27N5O2. The lowest BCUT2D eigenvalue weighted by atomic mass is 9.98. The second-order valence-electron chi connectivity index (χ2n) is 7.27. The second kappa shape index (κ2) is 8.90. The summed E-state index contributed by atoms with van der Waals surface area (Å²) in [6.45, 7) is 4.43. The van der Waals surface area contributed by atoms with Crippen LogP contribution in [0.4, 0.5) is 11.6 Å². The maximum absolute atomic E-state index is 11.3. The van der Waals surface area contributed by atoms with Crippen LogP contribution in [0.1, 0.15) is 57.6 Å². The van der Waals surface area contributed by atoms with Gasteiger partial charge in [-0.25, -0.2) is 9.97 Å². The van der Waals surface area contributed by atoms with Gasteiger partial charge < -0.3 is 15.7 Å². The predicted molar refractivity (Wildman–Crippen MR) is 106 cm³/mol. The van der Waals surface area contributed by atoms with Gasteiger partial charge in [-0.05, 0) is 30.9 Å². The van der Waals surface area contributed by atoms with Crippen molar-refractivity contribution in [3.05, 3.63) is 30.2 Å². The van der Waals surface area contributed by atoms with Crippen LogP contribution >= 0.6 is 0 Å². The van der Waals surface area contributed by atoms with E-state index in [-0.39, 0.29) is 18.6 Å². The number of nitrogens with one attached hydrogen (secondary N) is 2. The minimum absolute atomic E-state index is 0.0359. The Balaban J connectivity index is 0.000000253. The van der Waals surface area contributed by atoms with Crippen molar-refractivity contribution < 1.29 is 9.90 Å². The van der Waals surface area contributed by atoms with E-state index in [0.717, 1.165) is 24.1 Å². The summed E-state index contributed by atoms with van der Waals surface area (Å²) in [6.07, 6.45) is 9.38. The standard InChI is InChI=1S/C14H15N5O.C6H12O/c1-8(2)10-4-3-9(5-15-10)11-6-16-13-14(18-11)19-12(20)7-17-13;7-6-4-2-1-3-5-6/h3-6,8H,7H2,1-2H3,(H,16,17)(H,18,19,20);6-7H,1-5H2. The first kappa shape index (κ1) is 19.2. The van der Waals surface area contributed by atoms with E-state index in [9.17, 15) is 4.79 Å². The van der Waals surface area contributed by atoms with Crippen molar-refractivity contribution in [1.82, 2.24) is 15.0 Å². The molecule has 3 N–H and O–H groups in total. The Kier molecular flexibility index (Phi) is 6.34. The molecule has 0 aromatic carbocycles. The summed E-state index contributed by atoms with van der Waals surface area (Å²) < 4.78 is 0. The highest BCUT2D eigenvalue weighted by Crippen LogP contribution is 2.25. The van der Waals surface area contributed by atoms with Crippen LogP contribution in [-0.4, -0.2) is 38.6 Å². The SMILES string of the molecule is CC(C)c1ccc(-c2cnc3c(n2)NC(=O)CN3)cn1.OC1CCCCC1. The van der Waals surface area contributed by atoms with E-state index in [1.165, 1.54) is 19.3 Å². The molecule has 1 aliphatic carbocycles. The van der Waals surface area contributed by atoms with Crippen molar-refractivity contribution in [3.8, 4) is 11.3 Å². The zero-order valence-corrected chi connectivity index (χ0v) is 15.9. The topological polar surface area (TPSA) is 100 Å². The number of fused-ring (bicyclic) bond motifs is 1. The molecule has 1 aliphatic heterocycles. The van der Waals surface area contributed by atoms with Gasteiger partial charge in [0.25, 0.3) is 0 Å². The quantitative estimate of drug-likeness (QED) is 0.751. The number of amides is 1. The van der Waals surface area contributed by atoms with E-state index in [1.54, 1.807) is 12.4 Å². The Morgan fingerprint density at radius 3 is 2.44 bits per heavy atom. The first-order valence-electron chi connectivity index (χ1n) is 9.58. The Bertz CT molecular complexity index is 770. The van der Waals surface area contributed by atoms with Crippen molar-refractivity contribution in [3.63, 3.8) is 0 Å². The number of nitrogens with zero attached hydrogens (tertiary/aromatic N) is 3. The number of anilines is 2. The molecule has 7 heteroatoms. The minimum Gasteiger partial charge on any atom is -0.393 e. The lowest BCUT2D eigenvalue weighted by Crippen LogP contribution is -2.28. The van der Waals surface area contributed by atoms with Gasteiger partial charge in [0.1, 0.15) is 0 Å². The molecule has 2 aromatic rings. The van der Waals surface area contributed by atoms with Crippen molar-refractivity contribution in [2.24, 2.45) is 0 Å². The van der Waals surface area contributed by atoms with Gasteiger partial charge in [-0.2, -0.15) is 0 Å². The molecule has 0 atom stereocenters. The van der Waals surface area contributed by atoms with Crippen LogP contribution < -0.4 is 10.6 Å². The van der Waals surface area contributed by atoms with Crippen molar-refractivity contribution in [2.45, 2.75) is 58.0 Å². The third-order valence-corrected chi connectivity index (χ3v) is 4.70. The molecule has 2 aliphatic rings. The molecule has 0 bridgehead atoms. The zero-order valence-electron chi connectivity index (χ0n) is 15.9. The summed E-state index contributed by atoms with van der Waals surface area (Å²) in [5, 5.41) is 14.5. The highest BCUT2D eigenvalue weighted by molar-refractivity contribution is 5.98. The highest BCUT2D eigenvalue weighted by Gasteiger charge is 2.17. The van der Waals surface area contributed by atoms with Gasteiger partial charge in [0, 0.05) is 17.5 Å². The van der Waals surface area contributed by atoms with Gasteiger partial charge >= 0.3 is 0 Å². The number of aliphatic hydroxyl groups excluding tert-OH is 1. The summed E-state index contributed by atoms with van der Waals surface area (Å²) in [4.78, 5) is 24.4. The fourth-order valence-electron chi connectivity index (χ4n) is 3.06. The molecule has 1 amide bonds. The maximum Gasteiger partial charge on any atom is 0.244 e. The van der Waals surface area contributed by atoms with Crippen LogP contribution in [0.15, 0.2) is 24.5 Å². The monoisotopic (exact) mass is 369 g/mol. The number of carbonyl (C=O) groups excluding carboxylic acids is 1. The molecule has 0 unspecified atom stereocenters. The van der Waals surface area contributed by atoms with E-state index in [1.807, 2.05) is 12.1 Å². The van der Waals surface area contributed by atoms with Crippen LogP contribution in [0, 0.1) is 0 Å². The number of pyridine rings is 1. The number of hydrogen-bond acceptors (Lipinski definition) is 6. The first-order valence-corrected chi connectivity index (χ1v) is 9.58. The third kappa shape index (κ3) is 5.23. The fraction of sp³-hybridized carbons (Fsp3) is 0.500. The van der Waals surface area contributed by atoms with E-state index in [4.69, 9.17) is 5.11 Å². The van der Waals surface area contributed by atoms with E-state index >= 15 is 0 Å². The highest BCUT2D eigenvalue weighted by atomic mass is 16.3. The molecular weight excluding hydrogens is 342 g/mol. The van der Waals surface area contributed by atoms with Crippen LogP contribution in [0.2, 0.25) is 0 Å². The molecule has 7 nitrogen and oxygen atoms in total. The van der Waals surface area contributed by atoms with Crippen LogP contribution in [-0.2, 0) is 4.79 Å². The fourth-order valence-corrected chi connectivity index (χ4v) is 3.06. The number of hydrogen-bond donors (Lipinski definition) is 3. The molecule has 2 aromatic heterocycles. The molecule has 0 saturated heterocycles. The molecule has 0 radical (unpaired) electrons. The predicted octanol–water partition coefficient (Wildman–Crippen LogP) is 3.34. The van der Waals surface area contributed by atoms with E-state index in [0.29, 0.717) is 23.2 Å². The molecule has 0 spiro atoms. The van der Waals surface area contributed by atoms with Gasteiger partial charge in [0.2, 0.25) is 5.91 Å². The lowest BCUT2D eigenvalue weighted by Gasteiger charge is -2.17. The van der Waals surface area contributed by atoms with Crippen LogP contribution in [0.25, 0.3) is 11.3 Å². The molecule has 3 heterocycles. The van der Waals surface area contributed by atoms with Crippen molar-refractivity contribution in [2.75, 3.05) is 17.2 Å². The molecule has 144 valence electrons.